The Hall–Kier alpha value is -0.120. The predicted octanol–water partition coefficient (Wildman–Crippen LogP) is 0.119. The number of aliphatic hydroxyl groups excluding tert-OH is 2. The number of hydrogen-bond acceptors (Lipinski definition) is 3. The molecule has 0 aliphatic heterocycles. The quantitative estimate of drug-likeness (QED) is 0.465. The Morgan fingerprint density at radius 3 is 2.64 bits per heavy atom. The van der Waals surface area contributed by atoms with E-state index in [4.69, 9.17) is 10.2 Å². The molecule has 0 amide bonds. The van der Waals surface area contributed by atoms with Gasteiger partial charge in [-0.25, -0.2) is 0 Å². The predicted molar refractivity (Wildman–Crippen MR) is 45.5 cm³/mol. The first kappa shape index (κ1) is 10.9. The van der Waals surface area contributed by atoms with Crippen molar-refractivity contribution in [2.45, 2.75) is 32.3 Å². The van der Waals surface area contributed by atoms with Crippen molar-refractivity contribution < 1.29 is 10.2 Å². The average molecular weight is 161 g/mol. The monoisotopic (exact) mass is 161 g/mol. The minimum absolute atomic E-state index is 0.110. The normalized spacial score (nSPS) is 13.4. The summed E-state index contributed by atoms with van der Waals surface area (Å²) in [5.41, 5.74) is 0. The molecule has 0 bridgehead atoms. The van der Waals surface area contributed by atoms with Crippen LogP contribution in [-0.4, -0.2) is 36.0 Å². The fourth-order valence-corrected chi connectivity index (χ4v) is 0.898. The van der Waals surface area contributed by atoms with Gasteiger partial charge in [0.2, 0.25) is 0 Å². The Kier molecular flexibility index (Phi) is 7.89. The van der Waals surface area contributed by atoms with Crippen molar-refractivity contribution in [1.82, 2.24) is 5.32 Å². The van der Waals surface area contributed by atoms with E-state index in [9.17, 15) is 0 Å². The van der Waals surface area contributed by atoms with E-state index in [0.717, 1.165) is 25.9 Å². The van der Waals surface area contributed by atoms with E-state index in [1.807, 2.05) is 0 Å². The second-order valence-electron chi connectivity index (χ2n) is 2.69. The van der Waals surface area contributed by atoms with Gasteiger partial charge in [-0.2, -0.15) is 0 Å². The summed E-state index contributed by atoms with van der Waals surface area (Å²) < 4.78 is 0. The van der Waals surface area contributed by atoms with Crippen LogP contribution in [0.25, 0.3) is 0 Å². The molecular formula is C8H19NO2. The lowest BCUT2D eigenvalue weighted by molar-refractivity contribution is 0.0862. The van der Waals surface area contributed by atoms with Crippen LogP contribution in [0.4, 0.5) is 0 Å². The van der Waals surface area contributed by atoms with Crippen LogP contribution in [0.2, 0.25) is 0 Å². The smallest absolute Gasteiger partial charge is 0.0770 e. The SMILES string of the molecule is CCNCCCCC(O)CO. The Bertz CT molecular complexity index is 78.5. The molecule has 0 rings (SSSR count). The average Bonchev–Trinajstić information content (AvgIpc) is 2.04. The van der Waals surface area contributed by atoms with Crippen molar-refractivity contribution >= 4 is 0 Å². The van der Waals surface area contributed by atoms with Crippen molar-refractivity contribution in [2.24, 2.45) is 0 Å². The van der Waals surface area contributed by atoms with Gasteiger partial charge in [0, 0.05) is 0 Å². The Balaban J connectivity index is 2.89. The molecule has 3 nitrogen and oxygen atoms in total. The molecule has 1 atom stereocenters. The van der Waals surface area contributed by atoms with Crippen LogP contribution < -0.4 is 5.32 Å². The van der Waals surface area contributed by atoms with Crippen molar-refractivity contribution in [3.8, 4) is 0 Å². The molecule has 0 aromatic heterocycles. The highest BCUT2D eigenvalue weighted by atomic mass is 16.3. The highest BCUT2D eigenvalue weighted by Crippen LogP contribution is 1.98. The molecule has 0 aliphatic rings. The minimum atomic E-state index is -0.517. The van der Waals surface area contributed by atoms with Crippen LogP contribution in [0.15, 0.2) is 0 Å². The molecule has 0 aromatic carbocycles. The van der Waals surface area contributed by atoms with E-state index in [0.29, 0.717) is 6.42 Å². The fraction of sp³-hybridized carbons (Fsp3) is 1.00. The standard InChI is InChI=1S/C8H19NO2/c1-2-9-6-4-3-5-8(11)7-10/h8-11H,2-7H2,1H3. The van der Waals surface area contributed by atoms with E-state index >= 15 is 0 Å². The zero-order chi connectivity index (χ0) is 8.53. The van der Waals surface area contributed by atoms with Crippen molar-refractivity contribution in [2.75, 3.05) is 19.7 Å². The first-order valence-electron chi connectivity index (χ1n) is 4.31. The highest BCUT2D eigenvalue weighted by molar-refractivity contribution is 4.53. The van der Waals surface area contributed by atoms with E-state index in [-0.39, 0.29) is 6.61 Å². The zero-order valence-corrected chi connectivity index (χ0v) is 7.21. The maximum absolute atomic E-state index is 8.94. The van der Waals surface area contributed by atoms with Crippen molar-refractivity contribution in [3.63, 3.8) is 0 Å². The number of unbranched alkanes of at least 4 members (excludes halogenated alkanes) is 1. The van der Waals surface area contributed by atoms with E-state index in [1.165, 1.54) is 0 Å². The van der Waals surface area contributed by atoms with Gasteiger partial charge in [-0.05, 0) is 32.4 Å². The zero-order valence-electron chi connectivity index (χ0n) is 7.21. The van der Waals surface area contributed by atoms with Gasteiger partial charge in [0.05, 0.1) is 12.7 Å². The summed E-state index contributed by atoms with van der Waals surface area (Å²) >= 11 is 0. The topological polar surface area (TPSA) is 52.5 Å². The number of hydrogen-bond donors (Lipinski definition) is 3. The molecule has 0 saturated carbocycles. The number of nitrogens with one attached hydrogen (secondary N) is 1. The lowest BCUT2D eigenvalue weighted by Crippen LogP contribution is -2.16. The summed E-state index contributed by atoms with van der Waals surface area (Å²) in [5, 5.41) is 20.6. The summed E-state index contributed by atoms with van der Waals surface area (Å²) in [4.78, 5) is 0. The number of rotatable bonds is 7. The van der Waals surface area contributed by atoms with Crippen LogP contribution in [0, 0.1) is 0 Å². The molecule has 0 aromatic rings. The molecule has 3 heteroatoms. The van der Waals surface area contributed by atoms with E-state index < -0.39 is 6.10 Å². The van der Waals surface area contributed by atoms with Crippen LogP contribution in [-0.2, 0) is 0 Å². The van der Waals surface area contributed by atoms with Crippen molar-refractivity contribution in [1.29, 1.82) is 0 Å². The van der Waals surface area contributed by atoms with E-state index in [1.54, 1.807) is 0 Å². The summed E-state index contributed by atoms with van der Waals surface area (Å²) in [6.45, 7) is 3.97. The van der Waals surface area contributed by atoms with Gasteiger partial charge in [0.1, 0.15) is 0 Å². The summed E-state index contributed by atoms with van der Waals surface area (Å²) in [6, 6.07) is 0. The van der Waals surface area contributed by atoms with Gasteiger partial charge in [-0.15, -0.1) is 0 Å². The van der Waals surface area contributed by atoms with Crippen LogP contribution >= 0.6 is 0 Å². The Labute approximate surface area is 68.4 Å². The molecule has 0 heterocycles. The van der Waals surface area contributed by atoms with Gasteiger partial charge in [-0.1, -0.05) is 6.92 Å². The second-order valence-corrected chi connectivity index (χ2v) is 2.69. The first-order valence-corrected chi connectivity index (χ1v) is 4.31. The second kappa shape index (κ2) is 7.98. The molecule has 11 heavy (non-hydrogen) atoms. The van der Waals surface area contributed by atoms with Gasteiger partial charge in [-0.3, -0.25) is 0 Å². The molecule has 0 aliphatic carbocycles. The molecule has 0 radical (unpaired) electrons. The molecule has 0 fully saturated rings. The summed E-state index contributed by atoms with van der Waals surface area (Å²) in [7, 11) is 0. The fourth-order valence-electron chi connectivity index (χ4n) is 0.898. The third-order valence-corrected chi connectivity index (χ3v) is 1.60. The maximum atomic E-state index is 8.94. The van der Waals surface area contributed by atoms with Gasteiger partial charge >= 0.3 is 0 Å². The largest absolute Gasteiger partial charge is 0.394 e. The van der Waals surface area contributed by atoms with Crippen LogP contribution in [0.3, 0.4) is 0 Å². The van der Waals surface area contributed by atoms with Gasteiger partial charge < -0.3 is 15.5 Å². The summed E-state index contributed by atoms with van der Waals surface area (Å²) in [5.74, 6) is 0. The highest BCUT2D eigenvalue weighted by Gasteiger charge is 1.99. The van der Waals surface area contributed by atoms with Gasteiger partial charge in [0.25, 0.3) is 0 Å². The number of aliphatic hydroxyl groups is 2. The third kappa shape index (κ3) is 7.78. The molecule has 3 N–H and O–H groups in total. The van der Waals surface area contributed by atoms with E-state index in [2.05, 4.69) is 12.2 Å². The summed E-state index contributed by atoms with van der Waals surface area (Å²) in [6.07, 6.45) is 2.25. The molecule has 0 saturated heterocycles. The first-order chi connectivity index (χ1) is 5.31. The molecule has 68 valence electrons. The Morgan fingerprint density at radius 2 is 2.09 bits per heavy atom. The van der Waals surface area contributed by atoms with Crippen molar-refractivity contribution in [3.05, 3.63) is 0 Å². The van der Waals surface area contributed by atoms with Crippen LogP contribution in [0.1, 0.15) is 26.2 Å². The molecule has 0 spiro atoms. The molecule has 1 unspecified atom stereocenters. The molecular weight excluding hydrogens is 142 g/mol. The third-order valence-electron chi connectivity index (χ3n) is 1.60. The lowest BCUT2D eigenvalue weighted by Gasteiger charge is -2.05. The minimum Gasteiger partial charge on any atom is -0.394 e. The maximum Gasteiger partial charge on any atom is 0.0770 e. The lowest BCUT2D eigenvalue weighted by atomic mass is 10.1. The Morgan fingerprint density at radius 1 is 1.36 bits per heavy atom. The van der Waals surface area contributed by atoms with Crippen LogP contribution in [0.5, 0.6) is 0 Å². The van der Waals surface area contributed by atoms with Gasteiger partial charge in [0.15, 0.2) is 0 Å².